The molecule has 2 rings (SSSR count). The van der Waals surface area contributed by atoms with Gasteiger partial charge in [0.05, 0.1) is 6.20 Å². The van der Waals surface area contributed by atoms with Crippen molar-refractivity contribution >= 4 is 5.91 Å². The van der Waals surface area contributed by atoms with Gasteiger partial charge in [0.25, 0.3) is 5.91 Å². The number of hydrogen-bond donors (Lipinski definition) is 2. The van der Waals surface area contributed by atoms with Gasteiger partial charge in [0, 0.05) is 31.0 Å². The van der Waals surface area contributed by atoms with Crippen molar-refractivity contribution < 1.29 is 9.32 Å². The lowest BCUT2D eigenvalue weighted by atomic mass is 10.2. The molecule has 20 heavy (non-hydrogen) atoms. The fourth-order valence-electron chi connectivity index (χ4n) is 1.74. The summed E-state index contributed by atoms with van der Waals surface area (Å²) in [6.07, 6.45) is 5.97. The molecule has 106 valence electrons. The quantitative estimate of drug-likeness (QED) is 0.744. The van der Waals surface area contributed by atoms with Crippen LogP contribution in [0.4, 0.5) is 0 Å². The maximum atomic E-state index is 11.7. The second-order valence-electron chi connectivity index (χ2n) is 4.49. The van der Waals surface area contributed by atoms with Gasteiger partial charge in [-0.15, -0.1) is 0 Å². The Kier molecular flexibility index (Phi) is 5.25. The molecule has 0 aliphatic carbocycles. The van der Waals surface area contributed by atoms with Gasteiger partial charge in [0.2, 0.25) is 5.76 Å². The average Bonchev–Trinajstić information content (AvgIpc) is 2.90. The molecule has 2 N–H and O–H groups in total. The third-order valence-electron chi connectivity index (χ3n) is 2.82. The Hall–Kier alpha value is -2.21. The largest absolute Gasteiger partial charge is 0.351 e. The minimum Gasteiger partial charge on any atom is -0.351 e. The van der Waals surface area contributed by atoms with Crippen LogP contribution in [0.25, 0.3) is 0 Å². The zero-order valence-electron chi connectivity index (χ0n) is 11.4. The standard InChI is InChI=1S/C14H18N4O2/c1-11-8-18-20-13(11)14(19)17-7-3-6-16-10-12-4-2-5-15-9-12/h2,4-5,8-9,16H,3,6-7,10H2,1H3,(H,17,19). The van der Waals surface area contributed by atoms with E-state index in [1.165, 1.54) is 6.20 Å². The van der Waals surface area contributed by atoms with Crippen LogP contribution in [0.2, 0.25) is 0 Å². The van der Waals surface area contributed by atoms with E-state index in [0.29, 0.717) is 6.54 Å². The van der Waals surface area contributed by atoms with Gasteiger partial charge in [0.15, 0.2) is 0 Å². The molecule has 0 bridgehead atoms. The summed E-state index contributed by atoms with van der Waals surface area (Å²) in [4.78, 5) is 15.8. The van der Waals surface area contributed by atoms with Gasteiger partial charge in [-0.05, 0) is 31.5 Å². The lowest BCUT2D eigenvalue weighted by Crippen LogP contribution is -2.27. The predicted octanol–water partition coefficient (Wildman–Crippen LogP) is 1.29. The van der Waals surface area contributed by atoms with E-state index in [0.717, 1.165) is 30.6 Å². The summed E-state index contributed by atoms with van der Waals surface area (Å²) in [5.41, 5.74) is 1.89. The van der Waals surface area contributed by atoms with E-state index in [4.69, 9.17) is 4.52 Å². The molecule has 0 aliphatic rings. The van der Waals surface area contributed by atoms with E-state index in [9.17, 15) is 4.79 Å². The molecule has 0 saturated heterocycles. The first-order chi connectivity index (χ1) is 9.77. The predicted molar refractivity (Wildman–Crippen MR) is 74.1 cm³/mol. The normalized spacial score (nSPS) is 10.4. The van der Waals surface area contributed by atoms with Crippen LogP contribution in [-0.4, -0.2) is 29.1 Å². The fourth-order valence-corrected chi connectivity index (χ4v) is 1.74. The van der Waals surface area contributed by atoms with E-state index in [2.05, 4.69) is 20.8 Å². The summed E-state index contributed by atoms with van der Waals surface area (Å²) in [7, 11) is 0. The molecule has 0 unspecified atom stereocenters. The number of amides is 1. The van der Waals surface area contributed by atoms with Crippen molar-refractivity contribution in [2.24, 2.45) is 0 Å². The molecule has 0 radical (unpaired) electrons. The van der Waals surface area contributed by atoms with E-state index in [1.54, 1.807) is 13.1 Å². The van der Waals surface area contributed by atoms with Gasteiger partial charge in [-0.25, -0.2) is 0 Å². The Labute approximate surface area is 117 Å². The van der Waals surface area contributed by atoms with Gasteiger partial charge in [-0.1, -0.05) is 11.2 Å². The molecule has 1 amide bonds. The second kappa shape index (κ2) is 7.40. The van der Waals surface area contributed by atoms with Gasteiger partial charge in [-0.2, -0.15) is 0 Å². The number of rotatable bonds is 7. The summed E-state index contributed by atoms with van der Waals surface area (Å²) < 4.78 is 4.88. The molecule has 6 nitrogen and oxygen atoms in total. The van der Waals surface area contributed by atoms with Gasteiger partial charge in [-0.3, -0.25) is 9.78 Å². The number of nitrogens with one attached hydrogen (secondary N) is 2. The topological polar surface area (TPSA) is 80.0 Å². The number of carbonyl (C=O) groups excluding carboxylic acids is 1. The summed E-state index contributed by atoms with van der Waals surface area (Å²) in [6, 6.07) is 3.94. The van der Waals surface area contributed by atoms with E-state index in [1.807, 2.05) is 18.3 Å². The first kappa shape index (κ1) is 14.2. The van der Waals surface area contributed by atoms with Gasteiger partial charge in [0.1, 0.15) is 0 Å². The molecule has 6 heteroatoms. The minimum atomic E-state index is -0.216. The molecular formula is C14H18N4O2. The number of nitrogens with zero attached hydrogens (tertiary/aromatic N) is 2. The summed E-state index contributed by atoms with van der Waals surface area (Å²) >= 11 is 0. The lowest BCUT2D eigenvalue weighted by Gasteiger charge is -2.05. The highest BCUT2D eigenvalue weighted by atomic mass is 16.5. The zero-order chi connectivity index (χ0) is 14.2. The van der Waals surface area contributed by atoms with Gasteiger partial charge < -0.3 is 15.2 Å². The maximum absolute atomic E-state index is 11.7. The number of hydrogen-bond acceptors (Lipinski definition) is 5. The zero-order valence-corrected chi connectivity index (χ0v) is 11.4. The van der Waals surface area contributed by atoms with Crippen LogP contribution in [-0.2, 0) is 6.54 Å². The van der Waals surface area contributed by atoms with Crippen molar-refractivity contribution in [3.63, 3.8) is 0 Å². The van der Waals surface area contributed by atoms with Crippen molar-refractivity contribution in [3.8, 4) is 0 Å². The van der Waals surface area contributed by atoms with Crippen LogP contribution in [0.1, 0.15) is 28.1 Å². The average molecular weight is 274 g/mol. The number of aryl methyl sites for hydroxylation is 1. The van der Waals surface area contributed by atoms with Crippen molar-refractivity contribution in [2.75, 3.05) is 13.1 Å². The van der Waals surface area contributed by atoms with Crippen LogP contribution in [0.5, 0.6) is 0 Å². The molecule has 0 spiro atoms. The second-order valence-corrected chi connectivity index (χ2v) is 4.49. The van der Waals surface area contributed by atoms with Crippen LogP contribution in [0.15, 0.2) is 35.2 Å². The molecular weight excluding hydrogens is 256 g/mol. The van der Waals surface area contributed by atoms with Gasteiger partial charge >= 0.3 is 0 Å². The lowest BCUT2D eigenvalue weighted by molar-refractivity contribution is 0.0915. The van der Waals surface area contributed by atoms with Crippen LogP contribution < -0.4 is 10.6 Å². The molecule has 0 saturated carbocycles. The number of aromatic nitrogens is 2. The van der Waals surface area contributed by atoms with Crippen LogP contribution in [0, 0.1) is 6.92 Å². The number of pyridine rings is 1. The summed E-state index contributed by atoms with van der Waals surface area (Å²) in [5, 5.41) is 9.67. The van der Waals surface area contributed by atoms with E-state index in [-0.39, 0.29) is 11.7 Å². The third kappa shape index (κ3) is 4.17. The minimum absolute atomic E-state index is 0.216. The van der Waals surface area contributed by atoms with E-state index >= 15 is 0 Å². The van der Waals surface area contributed by atoms with Crippen molar-refractivity contribution in [2.45, 2.75) is 19.9 Å². The van der Waals surface area contributed by atoms with E-state index < -0.39 is 0 Å². The Morgan fingerprint density at radius 2 is 2.25 bits per heavy atom. The van der Waals surface area contributed by atoms with Crippen LogP contribution in [0.3, 0.4) is 0 Å². The monoisotopic (exact) mass is 274 g/mol. The molecule has 0 atom stereocenters. The smallest absolute Gasteiger partial charge is 0.290 e. The first-order valence-electron chi connectivity index (χ1n) is 6.56. The first-order valence-corrected chi connectivity index (χ1v) is 6.56. The van der Waals surface area contributed by atoms with Crippen LogP contribution >= 0.6 is 0 Å². The van der Waals surface area contributed by atoms with Crippen molar-refractivity contribution in [3.05, 3.63) is 47.6 Å². The Morgan fingerprint density at radius 3 is 2.95 bits per heavy atom. The summed E-state index contributed by atoms with van der Waals surface area (Å²) in [6.45, 7) is 3.99. The highest BCUT2D eigenvalue weighted by Crippen LogP contribution is 2.04. The molecule has 0 aliphatic heterocycles. The van der Waals surface area contributed by atoms with Crippen molar-refractivity contribution in [1.82, 2.24) is 20.8 Å². The van der Waals surface area contributed by atoms with Crippen molar-refractivity contribution in [1.29, 1.82) is 0 Å². The Morgan fingerprint density at radius 1 is 1.35 bits per heavy atom. The maximum Gasteiger partial charge on any atom is 0.290 e. The number of carbonyl (C=O) groups is 1. The molecule has 2 aromatic heterocycles. The highest BCUT2D eigenvalue weighted by molar-refractivity contribution is 5.92. The summed E-state index contributed by atoms with van der Waals surface area (Å²) in [5.74, 6) is 0.0700. The molecule has 0 aromatic carbocycles. The molecule has 2 heterocycles. The molecule has 0 fully saturated rings. The Balaban J connectivity index is 1.58. The highest BCUT2D eigenvalue weighted by Gasteiger charge is 2.12. The third-order valence-corrected chi connectivity index (χ3v) is 2.82. The fraction of sp³-hybridized carbons (Fsp3) is 0.357. The Bertz CT molecular complexity index is 539. The SMILES string of the molecule is Cc1cnoc1C(=O)NCCCNCc1cccnc1. The molecule has 2 aromatic rings.